The zero-order chi connectivity index (χ0) is 19.4. The number of aromatic nitrogens is 1. The predicted octanol–water partition coefficient (Wildman–Crippen LogP) is 3.07. The summed E-state index contributed by atoms with van der Waals surface area (Å²) >= 11 is 0. The van der Waals surface area contributed by atoms with Crippen LogP contribution < -0.4 is 5.32 Å². The molecule has 3 rings (SSSR count). The Labute approximate surface area is 162 Å². The number of hydrogen-bond acceptors (Lipinski definition) is 4. The molecule has 5 nitrogen and oxygen atoms in total. The lowest BCUT2D eigenvalue weighted by Crippen LogP contribution is -2.48. The van der Waals surface area contributed by atoms with Crippen LogP contribution in [0.2, 0.25) is 0 Å². The molecule has 0 bridgehead atoms. The molecule has 1 aromatic heterocycles. The van der Waals surface area contributed by atoms with Gasteiger partial charge in [-0.2, -0.15) is 0 Å². The van der Waals surface area contributed by atoms with Crippen molar-refractivity contribution in [3.8, 4) is 0 Å². The molecule has 1 saturated heterocycles. The molecule has 2 aromatic rings. The number of rotatable bonds is 5. The van der Waals surface area contributed by atoms with Crippen LogP contribution in [0.25, 0.3) is 0 Å². The first-order chi connectivity index (χ1) is 12.9. The van der Waals surface area contributed by atoms with Crippen LogP contribution in [0.1, 0.15) is 27.8 Å². The monoisotopic (exact) mass is 366 g/mol. The van der Waals surface area contributed by atoms with E-state index in [9.17, 15) is 4.79 Å². The van der Waals surface area contributed by atoms with Crippen molar-refractivity contribution in [1.29, 1.82) is 0 Å². The number of nitrogens with one attached hydrogen (secondary N) is 1. The standard InChI is InChI=1S/C22H30N4O/c1-16-9-18(3)22(19(4)10-16)24-21(27)15-26-7-5-25(6-8-26)14-20-11-17(2)12-23-13-20/h9-13H,5-8,14-15H2,1-4H3,(H,24,27). The minimum absolute atomic E-state index is 0.0707. The number of carbonyl (C=O) groups is 1. The maximum absolute atomic E-state index is 12.5. The third-order valence-corrected chi connectivity index (χ3v) is 5.11. The quantitative estimate of drug-likeness (QED) is 0.883. The summed E-state index contributed by atoms with van der Waals surface area (Å²) in [5.74, 6) is 0.0707. The Morgan fingerprint density at radius 3 is 2.19 bits per heavy atom. The topological polar surface area (TPSA) is 48.5 Å². The van der Waals surface area contributed by atoms with Gasteiger partial charge < -0.3 is 5.32 Å². The first-order valence-corrected chi connectivity index (χ1v) is 9.63. The summed E-state index contributed by atoms with van der Waals surface area (Å²) in [7, 11) is 0. The summed E-state index contributed by atoms with van der Waals surface area (Å²) in [6, 6.07) is 6.42. The van der Waals surface area contributed by atoms with E-state index in [1.54, 1.807) is 0 Å². The first-order valence-electron chi connectivity index (χ1n) is 9.63. The summed E-state index contributed by atoms with van der Waals surface area (Å²) < 4.78 is 0. The van der Waals surface area contributed by atoms with Gasteiger partial charge in [-0.15, -0.1) is 0 Å². The predicted molar refractivity (Wildman–Crippen MR) is 110 cm³/mol. The Kier molecular flexibility index (Phi) is 6.24. The van der Waals surface area contributed by atoms with E-state index in [-0.39, 0.29) is 5.91 Å². The molecule has 0 unspecified atom stereocenters. The fraction of sp³-hybridized carbons (Fsp3) is 0.455. The summed E-state index contributed by atoms with van der Waals surface area (Å²) in [6.45, 7) is 13.4. The van der Waals surface area contributed by atoms with Gasteiger partial charge in [0, 0.05) is 50.8 Å². The van der Waals surface area contributed by atoms with Gasteiger partial charge in [0.05, 0.1) is 6.54 Å². The van der Waals surface area contributed by atoms with Gasteiger partial charge >= 0.3 is 0 Å². The van der Waals surface area contributed by atoms with Gasteiger partial charge in [-0.25, -0.2) is 0 Å². The van der Waals surface area contributed by atoms with E-state index in [2.05, 4.69) is 66.0 Å². The van der Waals surface area contributed by atoms with Crippen LogP contribution in [0.5, 0.6) is 0 Å². The maximum atomic E-state index is 12.5. The summed E-state index contributed by atoms with van der Waals surface area (Å²) in [5.41, 5.74) is 6.88. The van der Waals surface area contributed by atoms with Crippen molar-refractivity contribution in [3.63, 3.8) is 0 Å². The van der Waals surface area contributed by atoms with Gasteiger partial charge in [0.2, 0.25) is 5.91 Å². The number of anilines is 1. The fourth-order valence-corrected chi connectivity index (χ4v) is 3.83. The lowest BCUT2D eigenvalue weighted by molar-refractivity contribution is -0.117. The van der Waals surface area contributed by atoms with Crippen molar-refractivity contribution in [2.45, 2.75) is 34.2 Å². The van der Waals surface area contributed by atoms with E-state index in [1.165, 1.54) is 16.7 Å². The number of aryl methyl sites for hydroxylation is 4. The second-order valence-corrected chi connectivity index (χ2v) is 7.74. The Bertz CT molecular complexity index is 787. The fourth-order valence-electron chi connectivity index (χ4n) is 3.83. The second-order valence-electron chi connectivity index (χ2n) is 7.74. The van der Waals surface area contributed by atoms with Crippen molar-refractivity contribution in [1.82, 2.24) is 14.8 Å². The van der Waals surface area contributed by atoms with E-state index < -0.39 is 0 Å². The van der Waals surface area contributed by atoms with E-state index >= 15 is 0 Å². The zero-order valence-corrected chi connectivity index (χ0v) is 16.9. The molecule has 27 heavy (non-hydrogen) atoms. The third-order valence-electron chi connectivity index (χ3n) is 5.11. The molecule has 144 valence electrons. The van der Waals surface area contributed by atoms with Gasteiger partial charge in [0.15, 0.2) is 0 Å². The first kappa shape index (κ1) is 19.5. The Balaban J connectivity index is 1.48. The van der Waals surface area contributed by atoms with E-state index in [0.717, 1.165) is 49.5 Å². The van der Waals surface area contributed by atoms with Crippen molar-refractivity contribution in [3.05, 3.63) is 58.4 Å². The normalized spacial score (nSPS) is 15.7. The molecule has 1 fully saturated rings. The number of nitrogens with zero attached hydrogens (tertiary/aromatic N) is 3. The van der Waals surface area contributed by atoms with Gasteiger partial charge in [-0.3, -0.25) is 19.6 Å². The molecule has 1 N–H and O–H groups in total. The Morgan fingerprint density at radius 2 is 1.56 bits per heavy atom. The highest BCUT2D eigenvalue weighted by molar-refractivity contribution is 5.93. The average Bonchev–Trinajstić information content (AvgIpc) is 2.60. The Morgan fingerprint density at radius 1 is 0.926 bits per heavy atom. The molecule has 1 amide bonds. The lowest BCUT2D eigenvalue weighted by atomic mass is 10.1. The number of pyridine rings is 1. The van der Waals surface area contributed by atoms with Crippen LogP contribution in [0.15, 0.2) is 30.6 Å². The van der Waals surface area contributed by atoms with Crippen molar-refractivity contribution < 1.29 is 4.79 Å². The molecule has 0 spiro atoms. The van der Waals surface area contributed by atoms with Crippen LogP contribution in [0, 0.1) is 27.7 Å². The van der Waals surface area contributed by atoms with Crippen LogP contribution in [-0.2, 0) is 11.3 Å². The molecule has 1 aliphatic heterocycles. The van der Waals surface area contributed by atoms with Crippen molar-refractivity contribution in [2.24, 2.45) is 0 Å². The van der Waals surface area contributed by atoms with Gasteiger partial charge in [0.1, 0.15) is 0 Å². The highest BCUT2D eigenvalue weighted by atomic mass is 16.2. The molecule has 0 saturated carbocycles. The molecule has 1 aliphatic rings. The van der Waals surface area contributed by atoms with E-state index in [4.69, 9.17) is 0 Å². The molecule has 5 heteroatoms. The molecule has 2 heterocycles. The van der Waals surface area contributed by atoms with Gasteiger partial charge in [0.25, 0.3) is 0 Å². The highest BCUT2D eigenvalue weighted by Gasteiger charge is 2.19. The van der Waals surface area contributed by atoms with Crippen molar-refractivity contribution in [2.75, 3.05) is 38.0 Å². The number of benzene rings is 1. The molecular formula is C22H30N4O. The summed E-state index contributed by atoms with van der Waals surface area (Å²) in [4.78, 5) is 21.4. The SMILES string of the molecule is Cc1cncc(CN2CCN(CC(=O)Nc3c(C)cc(C)cc3C)CC2)c1. The Hall–Kier alpha value is -2.24. The zero-order valence-electron chi connectivity index (χ0n) is 16.9. The summed E-state index contributed by atoms with van der Waals surface area (Å²) in [5, 5.41) is 3.11. The molecule has 0 atom stereocenters. The third kappa shape index (κ3) is 5.37. The van der Waals surface area contributed by atoms with E-state index in [1.807, 2.05) is 12.4 Å². The second kappa shape index (κ2) is 8.63. The minimum Gasteiger partial charge on any atom is -0.324 e. The van der Waals surface area contributed by atoms with Gasteiger partial charge in [-0.1, -0.05) is 23.8 Å². The summed E-state index contributed by atoms with van der Waals surface area (Å²) in [6.07, 6.45) is 3.83. The van der Waals surface area contributed by atoms with Crippen LogP contribution >= 0.6 is 0 Å². The molecular weight excluding hydrogens is 336 g/mol. The van der Waals surface area contributed by atoms with E-state index in [0.29, 0.717) is 6.54 Å². The number of amides is 1. The smallest absolute Gasteiger partial charge is 0.238 e. The molecule has 0 radical (unpaired) electrons. The average molecular weight is 367 g/mol. The number of carbonyl (C=O) groups excluding carboxylic acids is 1. The number of piperazine rings is 1. The van der Waals surface area contributed by atoms with Crippen molar-refractivity contribution >= 4 is 11.6 Å². The lowest BCUT2D eigenvalue weighted by Gasteiger charge is -2.34. The highest BCUT2D eigenvalue weighted by Crippen LogP contribution is 2.22. The minimum atomic E-state index is 0.0707. The largest absolute Gasteiger partial charge is 0.324 e. The number of hydrogen-bond donors (Lipinski definition) is 1. The van der Waals surface area contributed by atoms with Crippen LogP contribution in [0.3, 0.4) is 0 Å². The molecule has 1 aromatic carbocycles. The van der Waals surface area contributed by atoms with Gasteiger partial charge in [-0.05, 0) is 49.9 Å². The molecule has 0 aliphatic carbocycles. The maximum Gasteiger partial charge on any atom is 0.238 e. The van der Waals surface area contributed by atoms with Crippen LogP contribution in [0.4, 0.5) is 5.69 Å². The van der Waals surface area contributed by atoms with Crippen LogP contribution in [-0.4, -0.2) is 53.4 Å².